The van der Waals surface area contributed by atoms with E-state index in [0.29, 0.717) is 0 Å². The van der Waals surface area contributed by atoms with Gasteiger partial charge in [0.1, 0.15) is 11.3 Å². The van der Waals surface area contributed by atoms with Crippen LogP contribution in [0.2, 0.25) is 0 Å². The topological polar surface area (TPSA) is 126 Å². The van der Waals surface area contributed by atoms with Gasteiger partial charge in [-0.15, -0.1) is 0 Å². The van der Waals surface area contributed by atoms with Crippen LogP contribution in [0, 0.1) is 0 Å². The van der Waals surface area contributed by atoms with Crippen molar-refractivity contribution in [3.63, 3.8) is 0 Å². The van der Waals surface area contributed by atoms with Crippen molar-refractivity contribution in [2.24, 2.45) is 0 Å². The number of esters is 2. The highest BCUT2D eigenvalue weighted by Crippen LogP contribution is 2.41. The minimum absolute atomic E-state index is 0.0224. The molecule has 0 unspecified atom stereocenters. The van der Waals surface area contributed by atoms with Crippen LogP contribution < -0.4 is 0 Å². The molecule has 0 amide bonds. The zero-order valence-electron chi connectivity index (χ0n) is 16.0. The molecule has 0 radical (unpaired) electrons. The van der Waals surface area contributed by atoms with E-state index in [9.17, 15) is 19.2 Å². The molecule has 0 atom stereocenters. The SMILES string of the molecule is COC(=O)c1oc(-c2ccc(C(C)=O)o2)c(-c2ccc(C(C)=O)o2)c1C(=O)OC. The minimum Gasteiger partial charge on any atom is -0.465 e. The summed E-state index contributed by atoms with van der Waals surface area (Å²) in [4.78, 5) is 47.9. The average molecular weight is 400 g/mol. The largest absolute Gasteiger partial charge is 0.465 e. The fraction of sp³-hybridized carbons (Fsp3) is 0.200. The second kappa shape index (κ2) is 7.63. The maximum absolute atomic E-state index is 12.5. The highest BCUT2D eigenvalue weighted by Gasteiger charge is 2.35. The van der Waals surface area contributed by atoms with Gasteiger partial charge in [0.2, 0.25) is 5.76 Å². The fourth-order valence-corrected chi connectivity index (χ4v) is 2.68. The van der Waals surface area contributed by atoms with Crippen LogP contribution in [0.3, 0.4) is 0 Å². The summed E-state index contributed by atoms with van der Waals surface area (Å²) in [7, 11) is 2.25. The lowest BCUT2D eigenvalue weighted by atomic mass is 10.0. The van der Waals surface area contributed by atoms with Crippen LogP contribution in [0.5, 0.6) is 0 Å². The minimum atomic E-state index is -0.936. The number of hydrogen-bond donors (Lipinski definition) is 0. The number of furan rings is 3. The summed E-state index contributed by atoms with van der Waals surface area (Å²) >= 11 is 0. The Bertz CT molecular complexity index is 1120. The Morgan fingerprint density at radius 3 is 1.72 bits per heavy atom. The first-order valence-electron chi connectivity index (χ1n) is 8.34. The molecular formula is C20H16O9. The standard InChI is InChI=1S/C20H16O9/c1-9(21)11-5-7-13(27-11)15-16(19(23)25-3)18(20(24)26-4)29-17(15)14-8-6-12(28-14)10(2)22/h5-8H,1-4H3. The predicted octanol–water partition coefficient (Wildman–Crippen LogP) is 3.78. The average Bonchev–Trinajstić information content (AvgIpc) is 3.43. The molecule has 0 aromatic carbocycles. The molecule has 9 nitrogen and oxygen atoms in total. The number of ether oxygens (including phenoxy) is 2. The lowest BCUT2D eigenvalue weighted by molar-refractivity contribution is 0.0529. The summed E-state index contributed by atoms with van der Waals surface area (Å²) in [5.74, 6) is -2.81. The molecule has 3 rings (SSSR count). The quantitative estimate of drug-likeness (QED) is 0.449. The second-order valence-electron chi connectivity index (χ2n) is 5.93. The number of rotatable bonds is 6. The van der Waals surface area contributed by atoms with Crippen LogP contribution in [0.4, 0.5) is 0 Å². The number of Topliss-reactive ketones (excluding diaryl/α,β-unsaturated/α-hetero) is 2. The normalized spacial score (nSPS) is 10.6. The van der Waals surface area contributed by atoms with Crippen molar-refractivity contribution >= 4 is 23.5 Å². The molecule has 0 bridgehead atoms. The Balaban J connectivity index is 2.34. The van der Waals surface area contributed by atoms with E-state index < -0.39 is 17.7 Å². The summed E-state index contributed by atoms with van der Waals surface area (Å²) in [6, 6.07) is 5.71. The zero-order chi connectivity index (χ0) is 21.3. The van der Waals surface area contributed by atoms with E-state index >= 15 is 0 Å². The van der Waals surface area contributed by atoms with Gasteiger partial charge in [-0.1, -0.05) is 0 Å². The molecule has 0 saturated carbocycles. The van der Waals surface area contributed by atoms with Crippen LogP contribution in [0.15, 0.2) is 37.5 Å². The van der Waals surface area contributed by atoms with Gasteiger partial charge < -0.3 is 22.7 Å². The molecule has 0 aliphatic carbocycles. The molecule has 0 fully saturated rings. The number of methoxy groups -OCH3 is 2. The summed E-state index contributed by atoms with van der Waals surface area (Å²) in [6.45, 7) is 2.63. The van der Waals surface area contributed by atoms with E-state index in [1.165, 1.54) is 38.1 Å². The van der Waals surface area contributed by atoms with E-state index in [2.05, 4.69) is 4.74 Å². The van der Waals surface area contributed by atoms with E-state index in [-0.39, 0.29) is 51.5 Å². The number of ketones is 2. The highest BCUT2D eigenvalue weighted by molar-refractivity contribution is 6.09. The molecule has 0 saturated heterocycles. The number of hydrogen-bond acceptors (Lipinski definition) is 9. The van der Waals surface area contributed by atoms with Crippen LogP contribution in [0.1, 0.15) is 55.9 Å². The number of carbonyl (C=O) groups excluding carboxylic acids is 4. The van der Waals surface area contributed by atoms with E-state index in [1.54, 1.807) is 0 Å². The van der Waals surface area contributed by atoms with Crippen molar-refractivity contribution in [1.82, 2.24) is 0 Å². The lowest BCUT2D eigenvalue weighted by Crippen LogP contribution is -2.10. The third-order valence-corrected chi connectivity index (χ3v) is 4.04. The van der Waals surface area contributed by atoms with Crippen molar-refractivity contribution in [1.29, 1.82) is 0 Å². The van der Waals surface area contributed by atoms with Crippen LogP contribution >= 0.6 is 0 Å². The summed E-state index contributed by atoms with van der Waals surface area (Å²) < 4.78 is 26.1. The van der Waals surface area contributed by atoms with Crippen molar-refractivity contribution in [2.75, 3.05) is 14.2 Å². The summed E-state index contributed by atoms with van der Waals surface area (Å²) in [5.41, 5.74) is -0.242. The van der Waals surface area contributed by atoms with Gasteiger partial charge in [-0.05, 0) is 24.3 Å². The van der Waals surface area contributed by atoms with Crippen molar-refractivity contribution < 1.29 is 41.9 Å². The molecule has 0 N–H and O–H groups in total. The Kier molecular flexibility index (Phi) is 5.22. The zero-order valence-corrected chi connectivity index (χ0v) is 16.0. The molecule has 3 aromatic heterocycles. The Morgan fingerprint density at radius 2 is 1.24 bits per heavy atom. The molecule has 9 heteroatoms. The van der Waals surface area contributed by atoms with Crippen LogP contribution in [-0.4, -0.2) is 37.7 Å². The van der Waals surface area contributed by atoms with Crippen LogP contribution in [-0.2, 0) is 9.47 Å². The summed E-state index contributed by atoms with van der Waals surface area (Å²) in [6.07, 6.45) is 0. The second-order valence-corrected chi connectivity index (χ2v) is 5.93. The van der Waals surface area contributed by atoms with E-state index in [0.717, 1.165) is 14.2 Å². The predicted molar refractivity (Wildman–Crippen MR) is 96.8 cm³/mol. The Morgan fingerprint density at radius 1 is 0.724 bits per heavy atom. The first-order valence-corrected chi connectivity index (χ1v) is 8.34. The highest BCUT2D eigenvalue weighted by atomic mass is 16.5. The van der Waals surface area contributed by atoms with Gasteiger partial charge in [0.05, 0.1) is 19.8 Å². The maximum Gasteiger partial charge on any atom is 0.374 e. The van der Waals surface area contributed by atoms with E-state index in [4.69, 9.17) is 18.0 Å². The van der Waals surface area contributed by atoms with Gasteiger partial charge in [-0.3, -0.25) is 9.59 Å². The molecule has 0 spiro atoms. The van der Waals surface area contributed by atoms with Crippen molar-refractivity contribution in [2.45, 2.75) is 13.8 Å². The Labute approximate surface area is 164 Å². The lowest BCUT2D eigenvalue weighted by Gasteiger charge is -2.02. The molecule has 3 heterocycles. The van der Waals surface area contributed by atoms with Gasteiger partial charge in [-0.25, -0.2) is 9.59 Å². The van der Waals surface area contributed by atoms with Gasteiger partial charge in [0.15, 0.2) is 34.6 Å². The maximum atomic E-state index is 12.5. The van der Waals surface area contributed by atoms with Crippen LogP contribution in [0.25, 0.3) is 22.8 Å². The molecular weight excluding hydrogens is 384 g/mol. The first-order chi connectivity index (χ1) is 13.8. The fourth-order valence-electron chi connectivity index (χ4n) is 2.68. The number of carbonyl (C=O) groups is 4. The molecule has 150 valence electrons. The van der Waals surface area contributed by atoms with Gasteiger partial charge in [0.25, 0.3) is 0 Å². The molecule has 0 aliphatic rings. The molecule has 0 aliphatic heterocycles. The smallest absolute Gasteiger partial charge is 0.374 e. The third-order valence-electron chi connectivity index (χ3n) is 4.04. The first kappa shape index (κ1) is 19.9. The van der Waals surface area contributed by atoms with E-state index in [1.807, 2.05) is 0 Å². The third kappa shape index (κ3) is 3.49. The van der Waals surface area contributed by atoms with Crippen molar-refractivity contribution in [3.05, 3.63) is 47.1 Å². The van der Waals surface area contributed by atoms with Gasteiger partial charge in [-0.2, -0.15) is 0 Å². The molecule has 3 aromatic rings. The van der Waals surface area contributed by atoms with Crippen molar-refractivity contribution in [3.8, 4) is 22.8 Å². The van der Waals surface area contributed by atoms with Gasteiger partial charge in [0, 0.05) is 13.8 Å². The monoisotopic (exact) mass is 400 g/mol. The molecule has 29 heavy (non-hydrogen) atoms. The van der Waals surface area contributed by atoms with Gasteiger partial charge >= 0.3 is 11.9 Å². The Hall–Kier alpha value is -3.88. The summed E-state index contributed by atoms with van der Waals surface area (Å²) in [5, 5.41) is 0.